The van der Waals surface area contributed by atoms with Crippen LogP contribution < -0.4 is 5.56 Å². The molecule has 5 aromatic rings. The van der Waals surface area contributed by atoms with Crippen molar-refractivity contribution in [3.63, 3.8) is 0 Å². The van der Waals surface area contributed by atoms with Crippen LogP contribution in [0.15, 0.2) is 77.6 Å². The molecule has 0 unspecified atom stereocenters. The molecule has 3 aromatic carbocycles. The molecule has 180 valence electrons. The van der Waals surface area contributed by atoms with Gasteiger partial charge in [-0.2, -0.15) is 0 Å². The predicted molar refractivity (Wildman–Crippen MR) is 140 cm³/mol. The molecular weight excluding hydrogens is 448 g/mol. The Morgan fingerprint density at radius 2 is 1.75 bits per heavy atom. The maximum absolute atomic E-state index is 13.6. The second-order valence-electron chi connectivity index (χ2n) is 9.67. The smallest absolute Gasteiger partial charge is 0.253 e. The number of tetrazole rings is 1. The Bertz CT molecular complexity index is 1600. The van der Waals surface area contributed by atoms with Crippen LogP contribution in [0.5, 0.6) is 0 Å². The van der Waals surface area contributed by atoms with E-state index in [-0.39, 0.29) is 11.6 Å². The van der Waals surface area contributed by atoms with Gasteiger partial charge in [0.1, 0.15) is 6.04 Å². The normalized spacial score (nSPS) is 14.6. The number of benzene rings is 3. The monoisotopic (exact) mass is 476 g/mol. The number of fused-ring (bicyclic) bond motifs is 2. The van der Waals surface area contributed by atoms with E-state index in [0.29, 0.717) is 17.9 Å². The highest BCUT2D eigenvalue weighted by Gasteiger charge is 2.32. The molecule has 0 fully saturated rings. The molecule has 1 atom stereocenters. The number of hydrogen-bond donors (Lipinski definition) is 1. The SMILES string of the molecule is Cc1cc(C)c2cc([C@@H](c3nnnn3Cc3ccccc3)N3CCc4ccccc4C3)c(=O)[nH]c2c1. The van der Waals surface area contributed by atoms with Crippen LogP contribution in [0.2, 0.25) is 0 Å². The molecule has 2 aromatic heterocycles. The number of aryl methyl sites for hydroxylation is 2. The third-order valence-corrected chi connectivity index (χ3v) is 7.14. The first-order chi connectivity index (χ1) is 17.6. The molecule has 0 saturated heterocycles. The average Bonchev–Trinajstić information content (AvgIpc) is 3.32. The van der Waals surface area contributed by atoms with Gasteiger partial charge < -0.3 is 4.98 Å². The van der Waals surface area contributed by atoms with E-state index in [2.05, 4.69) is 74.8 Å². The molecule has 7 nitrogen and oxygen atoms in total. The first-order valence-electron chi connectivity index (χ1n) is 12.3. The lowest BCUT2D eigenvalue weighted by molar-refractivity contribution is 0.194. The number of H-pyrrole nitrogens is 1. The predicted octanol–water partition coefficient (Wildman–Crippen LogP) is 4.33. The third kappa shape index (κ3) is 4.12. The van der Waals surface area contributed by atoms with Gasteiger partial charge in [0.05, 0.1) is 6.54 Å². The van der Waals surface area contributed by atoms with Crippen molar-refractivity contribution in [2.75, 3.05) is 6.54 Å². The molecule has 0 bridgehead atoms. The second-order valence-corrected chi connectivity index (χ2v) is 9.67. The van der Waals surface area contributed by atoms with Gasteiger partial charge in [-0.1, -0.05) is 60.7 Å². The van der Waals surface area contributed by atoms with E-state index in [0.717, 1.165) is 47.1 Å². The van der Waals surface area contributed by atoms with E-state index in [1.807, 2.05) is 41.9 Å². The van der Waals surface area contributed by atoms with Crippen molar-refractivity contribution in [2.45, 2.75) is 39.4 Å². The molecule has 0 aliphatic carbocycles. The van der Waals surface area contributed by atoms with Gasteiger partial charge in [-0.15, -0.1) is 5.10 Å². The van der Waals surface area contributed by atoms with Crippen molar-refractivity contribution in [2.24, 2.45) is 0 Å². The topological polar surface area (TPSA) is 79.7 Å². The Morgan fingerprint density at radius 1 is 0.972 bits per heavy atom. The van der Waals surface area contributed by atoms with E-state index in [9.17, 15) is 4.79 Å². The highest BCUT2D eigenvalue weighted by molar-refractivity contribution is 5.83. The van der Waals surface area contributed by atoms with Crippen LogP contribution in [0.1, 0.15) is 45.2 Å². The third-order valence-electron chi connectivity index (χ3n) is 7.14. The Morgan fingerprint density at radius 3 is 2.58 bits per heavy atom. The molecule has 1 aliphatic heterocycles. The summed E-state index contributed by atoms with van der Waals surface area (Å²) in [4.78, 5) is 19.1. The maximum Gasteiger partial charge on any atom is 0.253 e. The molecule has 0 radical (unpaired) electrons. The maximum atomic E-state index is 13.6. The van der Waals surface area contributed by atoms with Gasteiger partial charge in [-0.05, 0) is 70.6 Å². The standard InChI is InChI=1S/C29H28N6O/c1-19-14-20(2)24-16-25(29(36)30-26(24)15-19)27(34-13-12-22-10-6-7-11-23(22)18-34)28-31-32-33-35(28)17-21-8-4-3-5-9-21/h3-11,14-16,27H,12-13,17-18H2,1-2H3,(H,30,36)/t27-/m0/s1. The summed E-state index contributed by atoms with van der Waals surface area (Å²) in [7, 11) is 0. The summed E-state index contributed by atoms with van der Waals surface area (Å²) in [5.41, 5.74) is 7.41. The fraction of sp³-hybridized carbons (Fsp3) is 0.241. The van der Waals surface area contributed by atoms with E-state index < -0.39 is 0 Å². The zero-order chi connectivity index (χ0) is 24.6. The van der Waals surface area contributed by atoms with Gasteiger partial charge in [-0.25, -0.2) is 4.68 Å². The van der Waals surface area contributed by atoms with Crippen molar-refractivity contribution in [1.29, 1.82) is 0 Å². The number of aromatic amines is 1. The lowest BCUT2D eigenvalue weighted by Crippen LogP contribution is -2.38. The van der Waals surface area contributed by atoms with E-state index >= 15 is 0 Å². The molecule has 0 amide bonds. The van der Waals surface area contributed by atoms with Crippen molar-refractivity contribution in [3.8, 4) is 0 Å². The second kappa shape index (κ2) is 9.17. The van der Waals surface area contributed by atoms with Gasteiger partial charge in [0.25, 0.3) is 5.56 Å². The minimum atomic E-state index is -0.383. The number of hydrogen-bond acceptors (Lipinski definition) is 5. The zero-order valence-corrected chi connectivity index (χ0v) is 20.5. The van der Waals surface area contributed by atoms with Crippen molar-refractivity contribution < 1.29 is 0 Å². The molecular formula is C29H28N6O. The molecule has 3 heterocycles. The summed E-state index contributed by atoms with van der Waals surface area (Å²) in [6, 6.07) is 24.5. The van der Waals surface area contributed by atoms with Crippen LogP contribution in [-0.2, 0) is 19.5 Å². The lowest BCUT2D eigenvalue weighted by Gasteiger charge is -2.34. The zero-order valence-electron chi connectivity index (χ0n) is 20.5. The summed E-state index contributed by atoms with van der Waals surface area (Å²) in [5, 5.41) is 13.9. The van der Waals surface area contributed by atoms with E-state index in [4.69, 9.17) is 0 Å². The van der Waals surface area contributed by atoms with Crippen LogP contribution in [0.4, 0.5) is 0 Å². The number of rotatable bonds is 5. The lowest BCUT2D eigenvalue weighted by atomic mass is 9.95. The number of pyridine rings is 1. The van der Waals surface area contributed by atoms with E-state index in [1.54, 1.807) is 0 Å². The Labute approximate surface area is 209 Å². The molecule has 6 rings (SSSR count). The minimum absolute atomic E-state index is 0.106. The van der Waals surface area contributed by atoms with Crippen LogP contribution in [0.3, 0.4) is 0 Å². The molecule has 1 aliphatic rings. The van der Waals surface area contributed by atoms with Gasteiger partial charge in [-0.3, -0.25) is 9.69 Å². The number of nitrogens with zero attached hydrogens (tertiary/aromatic N) is 5. The molecule has 0 saturated carbocycles. The minimum Gasteiger partial charge on any atom is -0.322 e. The van der Waals surface area contributed by atoms with E-state index in [1.165, 1.54) is 11.1 Å². The van der Waals surface area contributed by atoms with Crippen molar-refractivity contribution in [1.82, 2.24) is 30.1 Å². The fourth-order valence-corrected chi connectivity index (χ4v) is 5.41. The van der Waals surface area contributed by atoms with Crippen LogP contribution in [0.25, 0.3) is 10.9 Å². The number of aromatic nitrogens is 5. The molecule has 1 N–H and O–H groups in total. The van der Waals surface area contributed by atoms with Crippen LogP contribution >= 0.6 is 0 Å². The first-order valence-corrected chi connectivity index (χ1v) is 12.3. The van der Waals surface area contributed by atoms with Crippen LogP contribution in [-0.4, -0.2) is 36.6 Å². The molecule has 0 spiro atoms. The van der Waals surface area contributed by atoms with Gasteiger partial charge in [0, 0.05) is 29.6 Å². The summed E-state index contributed by atoms with van der Waals surface area (Å²) >= 11 is 0. The Kier molecular flexibility index (Phi) is 5.70. The first kappa shape index (κ1) is 22.4. The highest BCUT2D eigenvalue weighted by Crippen LogP contribution is 2.32. The van der Waals surface area contributed by atoms with Crippen molar-refractivity contribution in [3.05, 3.63) is 122 Å². The summed E-state index contributed by atoms with van der Waals surface area (Å²) in [5.74, 6) is 0.674. The van der Waals surface area contributed by atoms with Gasteiger partial charge in [0.2, 0.25) is 0 Å². The molecule has 7 heteroatoms. The van der Waals surface area contributed by atoms with Crippen LogP contribution in [0, 0.1) is 13.8 Å². The molecule has 36 heavy (non-hydrogen) atoms. The van der Waals surface area contributed by atoms with Gasteiger partial charge >= 0.3 is 0 Å². The quantitative estimate of drug-likeness (QED) is 0.409. The Balaban J connectivity index is 1.50. The number of nitrogens with one attached hydrogen (secondary N) is 1. The summed E-state index contributed by atoms with van der Waals surface area (Å²) < 4.78 is 1.83. The van der Waals surface area contributed by atoms with Gasteiger partial charge in [0.15, 0.2) is 5.82 Å². The highest BCUT2D eigenvalue weighted by atomic mass is 16.1. The average molecular weight is 477 g/mol. The largest absolute Gasteiger partial charge is 0.322 e. The fourth-order valence-electron chi connectivity index (χ4n) is 5.41. The Hall–Kier alpha value is -4.10. The van der Waals surface area contributed by atoms with Crippen molar-refractivity contribution >= 4 is 10.9 Å². The summed E-state index contributed by atoms with van der Waals surface area (Å²) in [6.07, 6.45) is 0.913. The summed E-state index contributed by atoms with van der Waals surface area (Å²) in [6.45, 7) is 6.20.